The second-order valence-corrected chi connectivity index (χ2v) is 8.33. The summed E-state index contributed by atoms with van der Waals surface area (Å²) in [5.41, 5.74) is 1.61. The molecular formula is C21H33NO2. The van der Waals surface area contributed by atoms with Gasteiger partial charge in [0.15, 0.2) is 0 Å². The zero-order valence-electron chi connectivity index (χ0n) is 15.5. The fourth-order valence-electron chi connectivity index (χ4n) is 4.60. The molecule has 0 unspecified atom stereocenters. The van der Waals surface area contributed by atoms with Crippen LogP contribution in [-0.2, 0) is 14.9 Å². The van der Waals surface area contributed by atoms with E-state index in [1.165, 1.54) is 18.4 Å². The molecule has 2 saturated heterocycles. The molecule has 24 heavy (non-hydrogen) atoms. The van der Waals surface area contributed by atoms with E-state index in [4.69, 9.17) is 9.47 Å². The topological polar surface area (TPSA) is 30.5 Å². The molecule has 0 aliphatic carbocycles. The average molecular weight is 332 g/mol. The molecule has 134 valence electrons. The number of hydrogen-bond acceptors (Lipinski definition) is 3. The Bertz CT molecular complexity index is 510. The largest absolute Gasteiger partial charge is 0.377 e. The van der Waals surface area contributed by atoms with Crippen LogP contribution in [0.4, 0.5) is 0 Å². The quantitative estimate of drug-likeness (QED) is 0.853. The molecule has 0 aromatic heterocycles. The molecule has 1 aromatic rings. The summed E-state index contributed by atoms with van der Waals surface area (Å²) >= 11 is 0. The molecule has 1 N–H and O–H groups in total. The first-order valence-electron chi connectivity index (χ1n) is 9.54. The predicted octanol–water partition coefficient (Wildman–Crippen LogP) is 4.06. The molecule has 3 atom stereocenters. The number of rotatable bonds is 6. The Morgan fingerprint density at radius 3 is 2.67 bits per heavy atom. The van der Waals surface area contributed by atoms with Gasteiger partial charge in [-0.1, -0.05) is 30.3 Å². The van der Waals surface area contributed by atoms with Crippen molar-refractivity contribution in [1.29, 1.82) is 0 Å². The molecule has 0 spiro atoms. The Morgan fingerprint density at radius 1 is 1.21 bits per heavy atom. The normalized spacial score (nSPS) is 31.0. The van der Waals surface area contributed by atoms with E-state index in [1.807, 2.05) is 0 Å². The summed E-state index contributed by atoms with van der Waals surface area (Å²) in [7, 11) is 0. The summed E-state index contributed by atoms with van der Waals surface area (Å²) in [4.78, 5) is 0. The molecule has 1 aromatic carbocycles. The van der Waals surface area contributed by atoms with Gasteiger partial charge in [-0.2, -0.15) is 0 Å². The lowest BCUT2D eigenvalue weighted by Gasteiger charge is -2.46. The van der Waals surface area contributed by atoms with Crippen LogP contribution in [0.25, 0.3) is 0 Å². The number of nitrogens with one attached hydrogen (secondary N) is 1. The smallest absolute Gasteiger partial charge is 0.0700 e. The first kappa shape index (κ1) is 17.9. The van der Waals surface area contributed by atoms with Gasteiger partial charge in [0.25, 0.3) is 0 Å². The fourth-order valence-corrected chi connectivity index (χ4v) is 4.60. The predicted molar refractivity (Wildman–Crippen MR) is 98.4 cm³/mol. The van der Waals surface area contributed by atoms with Gasteiger partial charge in [0, 0.05) is 31.2 Å². The van der Waals surface area contributed by atoms with E-state index < -0.39 is 0 Å². The van der Waals surface area contributed by atoms with E-state index in [1.54, 1.807) is 0 Å². The van der Waals surface area contributed by atoms with Gasteiger partial charge in [-0.25, -0.2) is 0 Å². The van der Waals surface area contributed by atoms with Crippen molar-refractivity contribution in [2.24, 2.45) is 0 Å². The van der Waals surface area contributed by atoms with Crippen LogP contribution >= 0.6 is 0 Å². The lowest BCUT2D eigenvalue weighted by atomic mass is 9.66. The van der Waals surface area contributed by atoms with Gasteiger partial charge in [-0.05, 0) is 58.4 Å². The molecule has 0 saturated carbocycles. The van der Waals surface area contributed by atoms with Gasteiger partial charge >= 0.3 is 0 Å². The minimum absolute atomic E-state index is 0.0532. The van der Waals surface area contributed by atoms with Crippen molar-refractivity contribution in [2.75, 3.05) is 19.8 Å². The Labute approximate surface area is 147 Å². The molecule has 0 radical (unpaired) electrons. The van der Waals surface area contributed by atoms with Gasteiger partial charge < -0.3 is 14.8 Å². The maximum atomic E-state index is 6.02. The van der Waals surface area contributed by atoms with Crippen LogP contribution in [0.5, 0.6) is 0 Å². The second-order valence-electron chi connectivity index (χ2n) is 8.33. The lowest BCUT2D eigenvalue weighted by molar-refractivity contribution is -0.0855. The number of benzene rings is 1. The highest BCUT2D eigenvalue weighted by Gasteiger charge is 2.42. The van der Waals surface area contributed by atoms with Gasteiger partial charge in [-0.15, -0.1) is 0 Å². The van der Waals surface area contributed by atoms with E-state index in [0.29, 0.717) is 12.1 Å². The van der Waals surface area contributed by atoms with Crippen molar-refractivity contribution < 1.29 is 9.47 Å². The Morgan fingerprint density at radius 2 is 2.00 bits per heavy atom. The highest BCUT2D eigenvalue weighted by molar-refractivity contribution is 5.27. The van der Waals surface area contributed by atoms with Crippen LogP contribution in [0.2, 0.25) is 0 Å². The summed E-state index contributed by atoms with van der Waals surface area (Å²) in [5, 5.41) is 3.73. The van der Waals surface area contributed by atoms with Crippen molar-refractivity contribution in [2.45, 2.75) is 76.0 Å². The molecule has 3 rings (SSSR count). The van der Waals surface area contributed by atoms with E-state index in [2.05, 4.69) is 56.4 Å². The summed E-state index contributed by atoms with van der Waals surface area (Å²) in [6, 6.07) is 11.5. The van der Waals surface area contributed by atoms with Crippen LogP contribution in [-0.4, -0.2) is 37.5 Å². The monoisotopic (exact) mass is 331 g/mol. The maximum Gasteiger partial charge on any atom is 0.0700 e. The highest BCUT2D eigenvalue weighted by atomic mass is 16.5. The lowest BCUT2D eigenvalue weighted by Crippen LogP contribution is -2.47. The van der Waals surface area contributed by atoms with E-state index in [9.17, 15) is 0 Å². The minimum atomic E-state index is -0.0532. The number of ether oxygens (including phenoxy) is 2. The first-order chi connectivity index (χ1) is 11.5. The van der Waals surface area contributed by atoms with Gasteiger partial charge in [-0.3, -0.25) is 0 Å². The average Bonchev–Trinajstić information content (AvgIpc) is 3.06. The molecule has 3 nitrogen and oxygen atoms in total. The van der Waals surface area contributed by atoms with Crippen LogP contribution in [0.1, 0.15) is 58.4 Å². The summed E-state index contributed by atoms with van der Waals surface area (Å²) < 4.78 is 11.8. The molecule has 0 bridgehead atoms. The van der Waals surface area contributed by atoms with Crippen molar-refractivity contribution >= 4 is 0 Å². The third-order valence-corrected chi connectivity index (χ3v) is 5.64. The second kappa shape index (κ2) is 7.55. The van der Waals surface area contributed by atoms with Crippen molar-refractivity contribution in [3.63, 3.8) is 0 Å². The van der Waals surface area contributed by atoms with E-state index in [0.717, 1.165) is 39.0 Å². The maximum absolute atomic E-state index is 6.02. The zero-order chi connectivity index (χ0) is 17.0. The fraction of sp³-hybridized carbons (Fsp3) is 0.714. The third kappa shape index (κ3) is 4.38. The van der Waals surface area contributed by atoms with Crippen LogP contribution in [0.3, 0.4) is 0 Å². The zero-order valence-corrected chi connectivity index (χ0v) is 15.5. The molecule has 3 heteroatoms. The van der Waals surface area contributed by atoms with Gasteiger partial charge in [0.2, 0.25) is 0 Å². The van der Waals surface area contributed by atoms with Crippen LogP contribution in [0.15, 0.2) is 30.3 Å². The van der Waals surface area contributed by atoms with E-state index >= 15 is 0 Å². The third-order valence-electron chi connectivity index (χ3n) is 5.64. The molecular weight excluding hydrogens is 298 g/mol. The molecule has 2 heterocycles. The standard InChI is InChI=1S/C21H33NO2/c1-17(22-15-19-10-7-12-23-19)14-21(18-8-5-4-6-9-18)11-13-24-20(2,3)16-21/h4-6,8-9,17,19,22H,7,10-16H2,1-3H3/t17-,19+,21+/m1/s1. The Kier molecular flexibility index (Phi) is 5.63. The van der Waals surface area contributed by atoms with Crippen molar-refractivity contribution in [3.8, 4) is 0 Å². The SMILES string of the molecule is C[C@H](C[C@@]1(c2ccccc2)CCOC(C)(C)C1)NC[C@@H]1CCCO1. The molecule has 2 aliphatic heterocycles. The first-order valence-corrected chi connectivity index (χ1v) is 9.54. The van der Waals surface area contributed by atoms with Gasteiger partial charge in [0.05, 0.1) is 11.7 Å². The highest BCUT2D eigenvalue weighted by Crippen LogP contribution is 2.44. The summed E-state index contributed by atoms with van der Waals surface area (Å²) in [6.45, 7) is 9.54. The minimum Gasteiger partial charge on any atom is -0.377 e. The summed E-state index contributed by atoms with van der Waals surface area (Å²) in [6.07, 6.45) is 6.15. The summed E-state index contributed by atoms with van der Waals surface area (Å²) in [5.74, 6) is 0. The van der Waals surface area contributed by atoms with Crippen molar-refractivity contribution in [1.82, 2.24) is 5.32 Å². The van der Waals surface area contributed by atoms with Crippen LogP contribution < -0.4 is 5.32 Å². The molecule has 2 fully saturated rings. The van der Waals surface area contributed by atoms with Crippen LogP contribution in [0, 0.1) is 0 Å². The molecule has 0 amide bonds. The Balaban J connectivity index is 1.70. The van der Waals surface area contributed by atoms with E-state index in [-0.39, 0.29) is 11.0 Å². The molecule has 2 aliphatic rings. The van der Waals surface area contributed by atoms with Crippen molar-refractivity contribution in [3.05, 3.63) is 35.9 Å². The van der Waals surface area contributed by atoms with Gasteiger partial charge in [0.1, 0.15) is 0 Å². The number of hydrogen-bond donors (Lipinski definition) is 1. The Hall–Kier alpha value is -0.900.